The minimum atomic E-state index is -0.168. The molecule has 3 rings (SSSR count). The molecule has 3 aromatic rings. The molecule has 1 heterocycles. The third kappa shape index (κ3) is 3.75. The van der Waals surface area contributed by atoms with Gasteiger partial charge >= 0.3 is 0 Å². The van der Waals surface area contributed by atoms with Gasteiger partial charge in [-0.05, 0) is 44.5 Å². The van der Waals surface area contributed by atoms with Crippen LogP contribution in [0, 0.1) is 13.8 Å². The average Bonchev–Trinajstić information content (AvgIpc) is 2.91. The summed E-state index contributed by atoms with van der Waals surface area (Å²) in [4.78, 5) is 24.2. The second-order valence-electron chi connectivity index (χ2n) is 6.45. The van der Waals surface area contributed by atoms with Crippen LogP contribution in [0.2, 0.25) is 0 Å². The molecule has 0 saturated carbocycles. The van der Waals surface area contributed by atoms with E-state index < -0.39 is 0 Å². The van der Waals surface area contributed by atoms with Crippen molar-refractivity contribution in [2.45, 2.75) is 27.3 Å². The van der Waals surface area contributed by atoms with Gasteiger partial charge in [-0.2, -0.15) is 0 Å². The van der Waals surface area contributed by atoms with E-state index in [1.54, 1.807) is 24.3 Å². The summed E-state index contributed by atoms with van der Waals surface area (Å²) in [6.45, 7) is 6.20. The normalized spacial score (nSPS) is 10.6. The number of ketones is 1. The number of amides is 1. The zero-order valence-electron chi connectivity index (χ0n) is 15.2. The van der Waals surface area contributed by atoms with Crippen molar-refractivity contribution in [2.75, 3.05) is 5.32 Å². The molecule has 0 aliphatic rings. The number of nitrogens with one attached hydrogen (secondary N) is 1. The summed E-state index contributed by atoms with van der Waals surface area (Å²) in [6, 6.07) is 19.1. The number of Topliss-reactive ketones (excluding diaryl/α,β-unsaturated/α-hetero) is 1. The lowest BCUT2D eigenvalue weighted by atomic mass is 10.1. The van der Waals surface area contributed by atoms with Crippen LogP contribution in [-0.2, 0) is 6.54 Å². The van der Waals surface area contributed by atoms with E-state index in [4.69, 9.17) is 0 Å². The summed E-state index contributed by atoms with van der Waals surface area (Å²) >= 11 is 0. The van der Waals surface area contributed by atoms with Gasteiger partial charge in [-0.1, -0.05) is 42.5 Å². The molecule has 0 atom stereocenters. The van der Waals surface area contributed by atoms with Crippen LogP contribution in [0.3, 0.4) is 0 Å². The molecule has 0 bridgehead atoms. The lowest BCUT2D eigenvalue weighted by Gasteiger charge is -2.10. The van der Waals surface area contributed by atoms with Crippen LogP contribution in [0.5, 0.6) is 0 Å². The Bertz CT molecular complexity index is 956. The highest BCUT2D eigenvalue weighted by molar-refractivity contribution is 6.06. The molecular weight excluding hydrogens is 324 g/mol. The third-order valence-corrected chi connectivity index (χ3v) is 4.53. The predicted octanol–water partition coefficient (Wildman–Crippen LogP) is 4.61. The maximum atomic E-state index is 12.7. The number of carbonyl (C=O) groups excluding carboxylic acids is 2. The summed E-state index contributed by atoms with van der Waals surface area (Å²) in [5, 5.41) is 2.89. The van der Waals surface area contributed by atoms with Gasteiger partial charge in [0.15, 0.2) is 5.78 Å². The largest absolute Gasteiger partial charge is 0.344 e. The second kappa shape index (κ2) is 7.40. The molecule has 4 heteroatoms. The van der Waals surface area contributed by atoms with Crippen LogP contribution in [0.25, 0.3) is 0 Å². The smallest absolute Gasteiger partial charge is 0.257 e. The summed E-state index contributed by atoms with van der Waals surface area (Å²) in [6.07, 6.45) is 0. The molecule has 2 aromatic carbocycles. The first-order valence-electron chi connectivity index (χ1n) is 8.58. The van der Waals surface area contributed by atoms with Gasteiger partial charge < -0.3 is 9.88 Å². The minimum absolute atomic E-state index is 0.0258. The highest BCUT2D eigenvalue weighted by Gasteiger charge is 2.16. The number of benzene rings is 2. The topological polar surface area (TPSA) is 51.1 Å². The van der Waals surface area contributed by atoms with Crippen LogP contribution in [0.4, 0.5) is 5.69 Å². The van der Waals surface area contributed by atoms with Gasteiger partial charge in [-0.3, -0.25) is 9.59 Å². The summed E-state index contributed by atoms with van der Waals surface area (Å²) in [7, 11) is 0. The third-order valence-electron chi connectivity index (χ3n) is 4.53. The fraction of sp³-hybridized carbons (Fsp3) is 0.182. The van der Waals surface area contributed by atoms with Crippen molar-refractivity contribution in [1.29, 1.82) is 0 Å². The molecule has 1 amide bonds. The van der Waals surface area contributed by atoms with Crippen LogP contribution >= 0.6 is 0 Å². The lowest BCUT2D eigenvalue weighted by molar-refractivity contribution is 0.101. The van der Waals surface area contributed by atoms with Gasteiger partial charge in [0.25, 0.3) is 5.91 Å². The molecule has 1 N–H and O–H groups in total. The van der Waals surface area contributed by atoms with Gasteiger partial charge in [0.1, 0.15) is 0 Å². The molecule has 26 heavy (non-hydrogen) atoms. The first-order valence-corrected chi connectivity index (χ1v) is 8.58. The van der Waals surface area contributed by atoms with Crippen LogP contribution in [0.1, 0.15) is 44.6 Å². The highest BCUT2D eigenvalue weighted by atomic mass is 16.1. The van der Waals surface area contributed by atoms with Crippen LogP contribution in [0.15, 0.2) is 60.7 Å². The van der Waals surface area contributed by atoms with E-state index in [0.717, 1.165) is 17.9 Å². The van der Waals surface area contributed by atoms with Crippen molar-refractivity contribution in [2.24, 2.45) is 0 Å². The summed E-state index contributed by atoms with van der Waals surface area (Å²) < 4.78 is 2.14. The van der Waals surface area contributed by atoms with Gasteiger partial charge in [-0.25, -0.2) is 0 Å². The fourth-order valence-electron chi connectivity index (χ4n) is 3.05. The van der Waals surface area contributed by atoms with Gasteiger partial charge in [-0.15, -0.1) is 0 Å². The average molecular weight is 346 g/mol. The Labute approximate surface area is 153 Å². The number of aryl methyl sites for hydroxylation is 1. The first-order chi connectivity index (χ1) is 12.5. The Balaban J connectivity index is 1.83. The van der Waals surface area contributed by atoms with Crippen molar-refractivity contribution < 1.29 is 9.59 Å². The minimum Gasteiger partial charge on any atom is -0.344 e. The van der Waals surface area contributed by atoms with Crippen LogP contribution < -0.4 is 5.32 Å². The van der Waals surface area contributed by atoms with Gasteiger partial charge in [0, 0.05) is 29.2 Å². The molecule has 0 radical (unpaired) electrons. The van der Waals surface area contributed by atoms with Gasteiger partial charge in [0.05, 0.1) is 5.56 Å². The molecule has 0 aliphatic carbocycles. The number of nitrogens with zero attached hydrogens (tertiary/aromatic N) is 1. The zero-order valence-corrected chi connectivity index (χ0v) is 15.2. The quantitative estimate of drug-likeness (QED) is 0.686. The van der Waals surface area contributed by atoms with E-state index in [1.165, 1.54) is 12.5 Å². The Morgan fingerprint density at radius 2 is 1.69 bits per heavy atom. The molecule has 1 aromatic heterocycles. The van der Waals surface area contributed by atoms with Crippen molar-refractivity contribution in [1.82, 2.24) is 4.57 Å². The maximum Gasteiger partial charge on any atom is 0.257 e. The van der Waals surface area contributed by atoms with Crippen molar-refractivity contribution in [3.05, 3.63) is 88.7 Å². The van der Waals surface area contributed by atoms with E-state index in [1.807, 2.05) is 38.1 Å². The zero-order chi connectivity index (χ0) is 18.7. The number of carbonyl (C=O) groups is 2. The Morgan fingerprint density at radius 1 is 0.962 bits per heavy atom. The fourth-order valence-corrected chi connectivity index (χ4v) is 3.05. The molecule has 0 unspecified atom stereocenters. The highest BCUT2D eigenvalue weighted by Crippen LogP contribution is 2.19. The number of anilines is 1. The summed E-state index contributed by atoms with van der Waals surface area (Å²) in [5.41, 5.74) is 5.00. The van der Waals surface area contributed by atoms with Crippen LogP contribution in [-0.4, -0.2) is 16.3 Å². The Kier molecular flexibility index (Phi) is 5.03. The summed E-state index contributed by atoms with van der Waals surface area (Å²) in [5.74, 6) is -0.194. The van der Waals surface area contributed by atoms with Crippen molar-refractivity contribution >= 4 is 17.4 Å². The molecule has 0 fully saturated rings. The van der Waals surface area contributed by atoms with E-state index in [0.29, 0.717) is 16.8 Å². The second-order valence-corrected chi connectivity index (χ2v) is 6.45. The number of aromatic nitrogens is 1. The monoisotopic (exact) mass is 346 g/mol. The van der Waals surface area contributed by atoms with Gasteiger partial charge in [0.2, 0.25) is 0 Å². The number of hydrogen-bond donors (Lipinski definition) is 1. The van der Waals surface area contributed by atoms with E-state index >= 15 is 0 Å². The molecule has 0 saturated heterocycles. The predicted molar refractivity (Wildman–Crippen MR) is 104 cm³/mol. The van der Waals surface area contributed by atoms with Crippen molar-refractivity contribution in [3.8, 4) is 0 Å². The standard InChI is InChI=1S/C22H22N2O2/c1-15-12-21(16(2)24(15)14-18-8-5-4-6-9-18)22(26)23-20-11-7-10-19(13-20)17(3)25/h4-13H,14H2,1-3H3,(H,23,26). The molecular formula is C22H22N2O2. The van der Waals surface area contributed by atoms with Crippen molar-refractivity contribution in [3.63, 3.8) is 0 Å². The molecule has 0 spiro atoms. The molecule has 0 aliphatic heterocycles. The molecule has 132 valence electrons. The number of rotatable bonds is 5. The SMILES string of the molecule is CC(=O)c1cccc(NC(=O)c2cc(C)n(Cc3ccccc3)c2C)c1. The maximum absolute atomic E-state index is 12.7. The number of hydrogen-bond acceptors (Lipinski definition) is 2. The Hall–Kier alpha value is -3.14. The first kappa shape index (κ1) is 17.7. The lowest BCUT2D eigenvalue weighted by Crippen LogP contribution is -2.14. The van der Waals surface area contributed by atoms with E-state index in [2.05, 4.69) is 22.0 Å². The Morgan fingerprint density at radius 3 is 2.38 bits per heavy atom. The molecule has 4 nitrogen and oxygen atoms in total. The van der Waals surface area contributed by atoms with E-state index in [-0.39, 0.29) is 11.7 Å². The van der Waals surface area contributed by atoms with E-state index in [9.17, 15) is 9.59 Å².